The second-order valence-electron chi connectivity index (χ2n) is 5.57. The summed E-state index contributed by atoms with van der Waals surface area (Å²) < 4.78 is 0. The topological polar surface area (TPSA) is 64.9 Å². The Bertz CT molecular complexity index is 547. The van der Waals surface area contributed by atoms with Gasteiger partial charge in [0.25, 0.3) is 0 Å². The van der Waals surface area contributed by atoms with Gasteiger partial charge in [-0.05, 0) is 44.2 Å². The normalized spacial score (nSPS) is 18.0. The molecule has 1 aliphatic rings. The van der Waals surface area contributed by atoms with Crippen molar-refractivity contribution in [2.75, 3.05) is 6.54 Å². The quantitative estimate of drug-likeness (QED) is 0.879. The summed E-state index contributed by atoms with van der Waals surface area (Å²) in [5, 5.41) is 16.0. The van der Waals surface area contributed by atoms with Crippen LogP contribution in [0.1, 0.15) is 44.2 Å². The van der Waals surface area contributed by atoms with Crippen molar-refractivity contribution in [3.05, 3.63) is 34.9 Å². The van der Waals surface area contributed by atoms with Crippen LogP contribution in [-0.2, 0) is 4.79 Å². The maximum Gasteiger partial charge on any atom is 0.235 e. The first-order valence-electron chi connectivity index (χ1n) is 7.26. The van der Waals surface area contributed by atoms with Crippen molar-refractivity contribution in [2.45, 2.75) is 44.2 Å². The van der Waals surface area contributed by atoms with Crippen LogP contribution in [0.4, 0.5) is 0 Å². The molecule has 1 saturated carbocycles. The molecule has 112 valence electrons. The van der Waals surface area contributed by atoms with E-state index in [1.807, 2.05) is 31.2 Å². The molecule has 2 rings (SSSR count). The smallest absolute Gasteiger partial charge is 0.235 e. The highest BCUT2D eigenvalue weighted by Gasteiger charge is 2.35. The van der Waals surface area contributed by atoms with E-state index in [0.717, 1.165) is 31.2 Å². The molecule has 5 heteroatoms. The summed E-state index contributed by atoms with van der Waals surface area (Å²) in [5.74, 6) is -0.141. The van der Waals surface area contributed by atoms with E-state index in [1.54, 1.807) is 0 Å². The van der Waals surface area contributed by atoms with Gasteiger partial charge in [-0.15, -0.1) is 0 Å². The van der Waals surface area contributed by atoms with Crippen molar-refractivity contribution in [1.29, 1.82) is 5.26 Å². The summed E-state index contributed by atoms with van der Waals surface area (Å²) >= 11 is 6.13. The number of hydrogen-bond acceptors (Lipinski definition) is 3. The summed E-state index contributed by atoms with van der Waals surface area (Å²) in [7, 11) is 0. The van der Waals surface area contributed by atoms with E-state index in [9.17, 15) is 10.1 Å². The first kappa shape index (κ1) is 15.8. The van der Waals surface area contributed by atoms with Crippen LogP contribution in [0.3, 0.4) is 0 Å². The van der Waals surface area contributed by atoms with Gasteiger partial charge in [-0.25, -0.2) is 0 Å². The number of halogens is 1. The van der Waals surface area contributed by atoms with Crippen LogP contribution in [0, 0.1) is 11.3 Å². The third-order valence-electron chi connectivity index (χ3n) is 3.99. The van der Waals surface area contributed by atoms with Crippen molar-refractivity contribution >= 4 is 17.5 Å². The zero-order valence-corrected chi connectivity index (χ0v) is 12.9. The lowest BCUT2D eigenvalue weighted by Crippen LogP contribution is -2.48. The minimum Gasteiger partial charge on any atom is -0.337 e. The maximum absolute atomic E-state index is 12.0. The van der Waals surface area contributed by atoms with Crippen LogP contribution in [0.5, 0.6) is 0 Å². The number of carbonyl (C=O) groups is 1. The van der Waals surface area contributed by atoms with Gasteiger partial charge in [0.1, 0.15) is 5.54 Å². The fourth-order valence-corrected chi connectivity index (χ4v) is 3.04. The molecule has 0 bridgehead atoms. The Morgan fingerprint density at radius 3 is 2.71 bits per heavy atom. The number of nitrogens with zero attached hydrogens (tertiary/aromatic N) is 1. The van der Waals surface area contributed by atoms with Crippen molar-refractivity contribution in [1.82, 2.24) is 10.6 Å². The van der Waals surface area contributed by atoms with E-state index in [0.29, 0.717) is 5.02 Å². The van der Waals surface area contributed by atoms with Gasteiger partial charge in [0.15, 0.2) is 0 Å². The summed E-state index contributed by atoms with van der Waals surface area (Å²) in [6, 6.07) is 9.80. The first-order chi connectivity index (χ1) is 10.1. The maximum atomic E-state index is 12.0. The van der Waals surface area contributed by atoms with Crippen LogP contribution >= 0.6 is 11.6 Å². The van der Waals surface area contributed by atoms with Gasteiger partial charge in [-0.3, -0.25) is 4.79 Å². The minimum atomic E-state index is -0.660. The minimum absolute atomic E-state index is 0.0222. The highest BCUT2D eigenvalue weighted by atomic mass is 35.5. The number of amides is 1. The Morgan fingerprint density at radius 2 is 2.10 bits per heavy atom. The molecule has 0 spiro atoms. The van der Waals surface area contributed by atoms with Crippen LogP contribution in [0.2, 0.25) is 5.02 Å². The third kappa shape index (κ3) is 3.96. The average molecular weight is 306 g/mol. The molecule has 1 atom stereocenters. The SMILES string of the molecule is CC(NCC(=O)NC1(C#N)CCCC1)c1ccccc1Cl. The second kappa shape index (κ2) is 6.93. The standard InChI is InChI=1S/C16H20ClN3O/c1-12(13-6-2-3-7-14(13)17)19-10-15(21)20-16(11-18)8-4-5-9-16/h2-3,6-7,12,19H,4-5,8-10H2,1H3,(H,20,21). The average Bonchev–Trinajstić information content (AvgIpc) is 2.94. The van der Waals surface area contributed by atoms with E-state index in [2.05, 4.69) is 16.7 Å². The summed E-state index contributed by atoms with van der Waals surface area (Å²) in [4.78, 5) is 12.0. The molecule has 0 aromatic heterocycles. The monoisotopic (exact) mass is 305 g/mol. The van der Waals surface area contributed by atoms with Crippen LogP contribution in [0.25, 0.3) is 0 Å². The number of rotatable bonds is 5. The fraction of sp³-hybridized carbons (Fsp3) is 0.500. The number of hydrogen-bond donors (Lipinski definition) is 2. The van der Waals surface area contributed by atoms with E-state index in [-0.39, 0.29) is 18.5 Å². The molecule has 1 amide bonds. The molecule has 21 heavy (non-hydrogen) atoms. The van der Waals surface area contributed by atoms with Crippen LogP contribution in [0.15, 0.2) is 24.3 Å². The Kier molecular flexibility index (Phi) is 5.22. The van der Waals surface area contributed by atoms with Gasteiger partial charge in [0.05, 0.1) is 12.6 Å². The molecule has 0 saturated heterocycles. The molecule has 0 heterocycles. The van der Waals surface area contributed by atoms with E-state index < -0.39 is 5.54 Å². The van der Waals surface area contributed by atoms with Crippen molar-refractivity contribution < 1.29 is 4.79 Å². The van der Waals surface area contributed by atoms with Crippen molar-refractivity contribution in [3.8, 4) is 6.07 Å². The summed E-state index contributed by atoms with van der Waals surface area (Å²) in [6.07, 6.45) is 3.49. The number of benzene rings is 1. The van der Waals surface area contributed by atoms with Gasteiger partial charge in [-0.2, -0.15) is 5.26 Å². The lowest BCUT2D eigenvalue weighted by atomic mass is 10.00. The van der Waals surface area contributed by atoms with Crippen molar-refractivity contribution in [2.24, 2.45) is 0 Å². The highest BCUT2D eigenvalue weighted by Crippen LogP contribution is 2.28. The molecule has 0 aliphatic heterocycles. The zero-order chi connectivity index (χ0) is 15.3. The molecule has 1 aromatic carbocycles. The van der Waals surface area contributed by atoms with Crippen molar-refractivity contribution in [3.63, 3.8) is 0 Å². The Morgan fingerprint density at radius 1 is 1.43 bits per heavy atom. The summed E-state index contributed by atoms with van der Waals surface area (Å²) in [6.45, 7) is 2.14. The molecular formula is C16H20ClN3O. The van der Waals surface area contributed by atoms with E-state index >= 15 is 0 Å². The fourth-order valence-electron chi connectivity index (χ4n) is 2.74. The molecule has 4 nitrogen and oxygen atoms in total. The van der Waals surface area contributed by atoms with Gasteiger partial charge in [0, 0.05) is 11.1 Å². The van der Waals surface area contributed by atoms with Gasteiger partial charge in [-0.1, -0.05) is 29.8 Å². The molecule has 1 aromatic rings. The second-order valence-corrected chi connectivity index (χ2v) is 5.98. The third-order valence-corrected chi connectivity index (χ3v) is 4.33. The van der Waals surface area contributed by atoms with E-state index in [4.69, 9.17) is 11.6 Å². The van der Waals surface area contributed by atoms with Gasteiger partial charge in [0.2, 0.25) is 5.91 Å². The Balaban J connectivity index is 1.87. The highest BCUT2D eigenvalue weighted by molar-refractivity contribution is 6.31. The lowest BCUT2D eigenvalue weighted by Gasteiger charge is -2.23. The zero-order valence-electron chi connectivity index (χ0n) is 12.2. The Labute approximate surface area is 130 Å². The molecule has 1 unspecified atom stereocenters. The summed E-state index contributed by atoms with van der Waals surface area (Å²) in [5.41, 5.74) is 0.301. The van der Waals surface area contributed by atoms with E-state index in [1.165, 1.54) is 0 Å². The number of carbonyl (C=O) groups excluding carboxylic acids is 1. The molecule has 2 N–H and O–H groups in total. The predicted octanol–water partition coefficient (Wildman–Crippen LogP) is 2.94. The molecular weight excluding hydrogens is 286 g/mol. The first-order valence-corrected chi connectivity index (χ1v) is 7.64. The molecule has 0 radical (unpaired) electrons. The largest absolute Gasteiger partial charge is 0.337 e. The van der Waals surface area contributed by atoms with Gasteiger partial charge >= 0.3 is 0 Å². The lowest BCUT2D eigenvalue weighted by molar-refractivity contribution is -0.121. The molecule has 1 fully saturated rings. The molecule has 1 aliphatic carbocycles. The predicted molar refractivity (Wildman–Crippen MR) is 82.8 cm³/mol. The number of nitriles is 1. The Hall–Kier alpha value is -1.57. The van der Waals surface area contributed by atoms with Gasteiger partial charge < -0.3 is 10.6 Å². The number of nitrogens with one attached hydrogen (secondary N) is 2. The van der Waals surface area contributed by atoms with Crippen LogP contribution < -0.4 is 10.6 Å². The van der Waals surface area contributed by atoms with Crippen LogP contribution in [-0.4, -0.2) is 18.0 Å².